The third-order valence-electron chi connectivity index (χ3n) is 2.91. The molecule has 2 nitrogen and oxygen atoms in total. The maximum absolute atomic E-state index is 9.82. The zero-order valence-electron chi connectivity index (χ0n) is 10.5. The largest absolute Gasteiger partial charge is 0.506 e. The summed E-state index contributed by atoms with van der Waals surface area (Å²) in [6.45, 7) is 3.80. The van der Waals surface area contributed by atoms with Crippen LogP contribution in [0.15, 0.2) is 65.7 Å². The first-order chi connectivity index (χ1) is 9.20. The molecule has 0 aliphatic rings. The minimum absolute atomic E-state index is 0.0962. The minimum Gasteiger partial charge on any atom is -0.506 e. The van der Waals surface area contributed by atoms with Gasteiger partial charge in [-0.05, 0) is 36.2 Å². The van der Waals surface area contributed by atoms with E-state index in [2.05, 4.69) is 40.0 Å². The molecule has 0 saturated carbocycles. The minimum atomic E-state index is 0.0962. The van der Waals surface area contributed by atoms with E-state index in [-0.39, 0.29) is 11.8 Å². The Morgan fingerprint density at radius 2 is 1.84 bits per heavy atom. The second-order valence-electron chi connectivity index (χ2n) is 4.29. The molecule has 0 aliphatic carbocycles. The lowest BCUT2D eigenvalue weighted by atomic mass is 10.0. The quantitative estimate of drug-likeness (QED) is 0.608. The van der Waals surface area contributed by atoms with Crippen LogP contribution in [-0.4, -0.2) is 5.11 Å². The SMILES string of the molecule is C=CCC(Nc1ccccc1O)c1ccc(Br)cc1. The molecule has 2 rings (SSSR count). The Hall–Kier alpha value is -1.74. The Morgan fingerprint density at radius 1 is 1.16 bits per heavy atom. The van der Waals surface area contributed by atoms with Gasteiger partial charge in [0.25, 0.3) is 0 Å². The van der Waals surface area contributed by atoms with E-state index in [1.54, 1.807) is 6.07 Å². The molecule has 0 aliphatic heterocycles. The van der Waals surface area contributed by atoms with Crippen molar-refractivity contribution in [2.75, 3.05) is 5.32 Å². The van der Waals surface area contributed by atoms with Crippen molar-refractivity contribution in [3.8, 4) is 5.75 Å². The number of rotatable bonds is 5. The van der Waals surface area contributed by atoms with E-state index in [1.165, 1.54) is 0 Å². The topological polar surface area (TPSA) is 32.3 Å². The molecule has 0 saturated heterocycles. The monoisotopic (exact) mass is 317 g/mol. The molecular formula is C16H16BrNO. The van der Waals surface area contributed by atoms with Gasteiger partial charge in [-0.25, -0.2) is 0 Å². The van der Waals surface area contributed by atoms with Crippen molar-refractivity contribution in [2.45, 2.75) is 12.5 Å². The number of halogens is 1. The smallest absolute Gasteiger partial charge is 0.138 e. The Balaban J connectivity index is 2.23. The number of phenolic OH excluding ortho intramolecular Hbond substituents is 1. The van der Waals surface area contributed by atoms with E-state index < -0.39 is 0 Å². The van der Waals surface area contributed by atoms with Gasteiger partial charge < -0.3 is 10.4 Å². The molecule has 98 valence electrons. The van der Waals surface area contributed by atoms with Crippen LogP contribution in [0.4, 0.5) is 5.69 Å². The number of para-hydroxylation sites is 2. The zero-order chi connectivity index (χ0) is 13.7. The lowest BCUT2D eigenvalue weighted by molar-refractivity contribution is 0.476. The number of nitrogens with one attached hydrogen (secondary N) is 1. The molecule has 1 unspecified atom stereocenters. The van der Waals surface area contributed by atoms with Crippen LogP contribution in [0.5, 0.6) is 5.75 Å². The highest BCUT2D eigenvalue weighted by molar-refractivity contribution is 9.10. The van der Waals surface area contributed by atoms with Crippen LogP contribution in [0, 0.1) is 0 Å². The summed E-state index contributed by atoms with van der Waals surface area (Å²) in [6.07, 6.45) is 2.66. The average Bonchev–Trinajstić information content (AvgIpc) is 2.42. The Labute approximate surface area is 121 Å². The third kappa shape index (κ3) is 3.61. The summed E-state index contributed by atoms with van der Waals surface area (Å²) in [7, 11) is 0. The van der Waals surface area contributed by atoms with E-state index >= 15 is 0 Å². The maximum Gasteiger partial charge on any atom is 0.138 e. The zero-order valence-corrected chi connectivity index (χ0v) is 12.1. The van der Waals surface area contributed by atoms with E-state index in [0.29, 0.717) is 0 Å². The fourth-order valence-electron chi connectivity index (χ4n) is 1.92. The van der Waals surface area contributed by atoms with Crippen LogP contribution in [0.1, 0.15) is 18.0 Å². The molecular weight excluding hydrogens is 302 g/mol. The van der Waals surface area contributed by atoms with Crippen LogP contribution in [0.2, 0.25) is 0 Å². The van der Waals surface area contributed by atoms with Gasteiger partial charge in [0.2, 0.25) is 0 Å². The average molecular weight is 318 g/mol. The summed E-state index contributed by atoms with van der Waals surface area (Å²) in [4.78, 5) is 0. The molecule has 0 fully saturated rings. The molecule has 1 atom stereocenters. The van der Waals surface area contributed by atoms with E-state index in [1.807, 2.05) is 36.4 Å². The predicted molar refractivity (Wildman–Crippen MR) is 83.4 cm³/mol. The molecule has 0 aromatic heterocycles. The third-order valence-corrected chi connectivity index (χ3v) is 3.44. The second kappa shape index (κ2) is 6.43. The van der Waals surface area contributed by atoms with Gasteiger partial charge in [-0.2, -0.15) is 0 Å². The molecule has 0 amide bonds. The molecule has 0 spiro atoms. The number of anilines is 1. The van der Waals surface area contributed by atoms with Gasteiger partial charge in [-0.3, -0.25) is 0 Å². The van der Waals surface area contributed by atoms with Crippen LogP contribution < -0.4 is 5.32 Å². The van der Waals surface area contributed by atoms with Crippen molar-refractivity contribution < 1.29 is 5.11 Å². The van der Waals surface area contributed by atoms with Gasteiger partial charge in [-0.15, -0.1) is 6.58 Å². The summed E-state index contributed by atoms with van der Waals surface area (Å²) in [5.41, 5.74) is 1.89. The predicted octanol–water partition coefficient (Wildman–Crippen LogP) is 4.88. The van der Waals surface area contributed by atoms with Crippen LogP contribution in [-0.2, 0) is 0 Å². The molecule has 2 aromatic carbocycles. The van der Waals surface area contributed by atoms with Crippen molar-refractivity contribution in [2.24, 2.45) is 0 Å². The number of aromatic hydroxyl groups is 1. The van der Waals surface area contributed by atoms with E-state index in [4.69, 9.17) is 0 Å². The fourth-order valence-corrected chi connectivity index (χ4v) is 2.19. The van der Waals surface area contributed by atoms with Gasteiger partial charge in [-0.1, -0.05) is 46.3 Å². The van der Waals surface area contributed by atoms with Crippen molar-refractivity contribution in [3.63, 3.8) is 0 Å². The fraction of sp³-hybridized carbons (Fsp3) is 0.125. The Kier molecular flexibility index (Phi) is 4.63. The molecule has 0 heterocycles. The molecule has 3 heteroatoms. The van der Waals surface area contributed by atoms with Crippen LogP contribution in [0.3, 0.4) is 0 Å². The van der Waals surface area contributed by atoms with Gasteiger partial charge in [0.05, 0.1) is 11.7 Å². The van der Waals surface area contributed by atoms with Crippen LogP contribution >= 0.6 is 15.9 Å². The first-order valence-corrected chi connectivity index (χ1v) is 6.91. The first-order valence-electron chi connectivity index (χ1n) is 6.11. The van der Waals surface area contributed by atoms with Gasteiger partial charge in [0.15, 0.2) is 0 Å². The molecule has 2 aromatic rings. The van der Waals surface area contributed by atoms with Gasteiger partial charge in [0, 0.05) is 4.47 Å². The molecule has 0 radical (unpaired) electrons. The lowest BCUT2D eigenvalue weighted by Gasteiger charge is -2.19. The number of hydrogen-bond donors (Lipinski definition) is 2. The van der Waals surface area contributed by atoms with Crippen molar-refractivity contribution in [3.05, 3.63) is 71.2 Å². The normalized spacial score (nSPS) is 11.8. The first kappa shape index (κ1) is 13.7. The summed E-state index contributed by atoms with van der Waals surface area (Å²) in [5, 5.41) is 13.2. The second-order valence-corrected chi connectivity index (χ2v) is 5.21. The van der Waals surface area contributed by atoms with Gasteiger partial charge >= 0.3 is 0 Å². The van der Waals surface area contributed by atoms with Crippen molar-refractivity contribution >= 4 is 21.6 Å². The molecule has 19 heavy (non-hydrogen) atoms. The number of hydrogen-bond acceptors (Lipinski definition) is 2. The van der Waals surface area contributed by atoms with Crippen molar-refractivity contribution in [1.82, 2.24) is 0 Å². The number of benzene rings is 2. The summed E-state index contributed by atoms with van der Waals surface area (Å²) >= 11 is 3.43. The maximum atomic E-state index is 9.82. The number of phenols is 1. The Bertz CT molecular complexity index is 551. The van der Waals surface area contributed by atoms with E-state index in [9.17, 15) is 5.11 Å². The molecule has 2 N–H and O–H groups in total. The molecule has 0 bridgehead atoms. The lowest BCUT2D eigenvalue weighted by Crippen LogP contribution is -2.09. The standard InChI is InChI=1S/C16H16BrNO/c1-2-5-14(12-8-10-13(17)11-9-12)18-15-6-3-4-7-16(15)19/h2-4,6-11,14,18-19H,1,5H2. The highest BCUT2D eigenvalue weighted by Gasteiger charge is 2.11. The van der Waals surface area contributed by atoms with Crippen LogP contribution in [0.25, 0.3) is 0 Å². The van der Waals surface area contributed by atoms with Gasteiger partial charge in [0.1, 0.15) is 5.75 Å². The summed E-state index contributed by atoms with van der Waals surface area (Å²) in [5.74, 6) is 0.258. The highest BCUT2D eigenvalue weighted by atomic mass is 79.9. The summed E-state index contributed by atoms with van der Waals surface area (Å²) in [6, 6.07) is 15.5. The Morgan fingerprint density at radius 3 is 2.47 bits per heavy atom. The van der Waals surface area contributed by atoms with E-state index in [0.717, 1.165) is 22.1 Å². The van der Waals surface area contributed by atoms with Crippen molar-refractivity contribution in [1.29, 1.82) is 0 Å². The summed E-state index contributed by atoms with van der Waals surface area (Å²) < 4.78 is 1.05. The highest BCUT2D eigenvalue weighted by Crippen LogP contribution is 2.29.